The Hall–Kier alpha value is -2.22. The fraction of sp³-hybridized carbons (Fsp3) is 0.409. The zero-order chi connectivity index (χ0) is 20.9. The lowest BCUT2D eigenvalue weighted by Gasteiger charge is -2.32. The smallest absolute Gasteiger partial charge is 0.240 e. The molecule has 2 aromatic carbocycles. The molecule has 1 amide bonds. The predicted octanol–water partition coefficient (Wildman–Crippen LogP) is 0.899. The monoisotopic (exact) mass is 416 g/mol. The third-order valence-corrected chi connectivity index (χ3v) is 7.00. The number of piperazine rings is 1. The highest BCUT2D eigenvalue weighted by Crippen LogP contribution is 2.14. The quantitative estimate of drug-likeness (QED) is 0.705. The van der Waals surface area contributed by atoms with Gasteiger partial charge in [0, 0.05) is 18.5 Å². The van der Waals surface area contributed by atoms with Gasteiger partial charge >= 0.3 is 0 Å². The predicted molar refractivity (Wildman–Crippen MR) is 113 cm³/mol. The Morgan fingerprint density at radius 2 is 1.72 bits per heavy atom. The lowest BCUT2D eigenvalue weighted by atomic mass is 10.1. The summed E-state index contributed by atoms with van der Waals surface area (Å²) in [5.41, 5.74) is 3.29. The van der Waals surface area contributed by atoms with Crippen LogP contribution in [0, 0.1) is 13.8 Å². The Kier molecular flexibility index (Phi) is 7.05. The Morgan fingerprint density at radius 3 is 2.38 bits per heavy atom. The lowest BCUT2D eigenvalue weighted by Crippen LogP contribution is -3.13. The molecule has 0 radical (unpaired) electrons. The third-order valence-electron chi connectivity index (χ3n) is 5.54. The van der Waals surface area contributed by atoms with E-state index in [-0.39, 0.29) is 23.8 Å². The van der Waals surface area contributed by atoms with Crippen LogP contribution in [0.2, 0.25) is 0 Å². The number of rotatable bonds is 7. The maximum Gasteiger partial charge on any atom is 0.240 e. The van der Waals surface area contributed by atoms with E-state index in [4.69, 9.17) is 0 Å². The molecule has 0 saturated carbocycles. The summed E-state index contributed by atoms with van der Waals surface area (Å²) in [5, 5.41) is 0. The van der Waals surface area contributed by atoms with Gasteiger partial charge in [0.2, 0.25) is 15.9 Å². The van der Waals surface area contributed by atoms with Crippen molar-refractivity contribution in [2.24, 2.45) is 0 Å². The molecule has 1 fully saturated rings. The van der Waals surface area contributed by atoms with Gasteiger partial charge in [-0.2, -0.15) is 0 Å². The lowest BCUT2D eigenvalue weighted by molar-refractivity contribution is -0.917. The van der Waals surface area contributed by atoms with Crippen molar-refractivity contribution >= 4 is 15.9 Å². The molecule has 29 heavy (non-hydrogen) atoms. The number of carbonyl (C=O) groups excluding carboxylic acids is 1. The number of amides is 1. The Labute approximate surface area is 173 Å². The molecule has 2 N–H and O–H groups in total. The van der Waals surface area contributed by atoms with Gasteiger partial charge in [0.15, 0.2) is 0 Å². The topological polar surface area (TPSA) is 70.9 Å². The van der Waals surface area contributed by atoms with E-state index in [0.29, 0.717) is 13.1 Å². The van der Waals surface area contributed by atoms with Crippen molar-refractivity contribution in [2.75, 3.05) is 32.7 Å². The first-order chi connectivity index (χ1) is 13.8. The Balaban J connectivity index is 1.43. The van der Waals surface area contributed by atoms with Crippen molar-refractivity contribution in [3.8, 4) is 0 Å². The molecule has 1 saturated heterocycles. The van der Waals surface area contributed by atoms with Crippen molar-refractivity contribution in [3.05, 3.63) is 65.2 Å². The average Bonchev–Trinajstić information content (AvgIpc) is 2.71. The molecule has 0 aliphatic carbocycles. The van der Waals surface area contributed by atoms with Gasteiger partial charge < -0.3 is 9.80 Å². The van der Waals surface area contributed by atoms with Crippen molar-refractivity contribution in [3.63, 3.8) is 0 Å². The van der Waals surface area contributed by atoms with E-state index in [0.717, 1.165) is 30.8 Å². The van der Waals surface area contributed by atoms with Gasteiger partial charge in [-0.15, -0.1) is 0 Å². The minimum Gasteiger partial charge on any atom is -0.331 e. The molecule has 0 bridgehead atoms. The number of hydrogen-bond acceptors (Lipinski definition) is 3. The number of sulfonamides is 1. The van der Waals surface area contributed by atoms with E-state index in [1.165, 1.54) is 10.5 Å². The van der Waals surface area contributed by atoms with Crippen LogP contribution in [-0.4, -0.2) is 51.9 Å². The maximum absolute atomic E-state index is 12.5. The number of benzene rings is 2. The van der Waals surface area contributed by atoms with E-state index >= 15 is 0 Å². The fourth-order valence-corrected chi connectivity index (χ4v) is 4.67. The molecule has 0 atom stereocenters. The molecule has 1 aliphatic rings. The average molecular weight is 417 g/mol. The summed E-state index contributed by atoms with van der Waals surface area (Å²) in [5.74, 6) is 0.00606. The van der Waals surface area contributed by atoms with E-state index in [1.807, 2.05) is 36.9 Å². The summed E-state index contributed by atoms with van der Waals surface area (Å²) in [6.07, 6.45) is 0.179. The van der Waals surface area contributed by atoms with Crippen molar-refractivity contribution in [2.45, 2.75) is 31.7 Å². The van der Waals surface area contributed by atoms with Crippen LogP contribution < -0.4 is 9.62 Å². The second-order valence-corrected chi connectivity index (χ2v) is 9.45. The first-order valence-electron chi connectivity index (χ1n) is 10.1. The summed E-state index contributed by atoms with van der Waals surface area (Å²) in [7, 11) is -3.59. The molecular weight excluding hydrogens is 386 g/mol. The second kappa shape index (κ2) is 9.52. The third kappa shape index (κ3) is 5.88. The SMILES string of the molecule is Cc1ccc(S(=O)(=O)NCCC(=O)N2CC[NH+](Cc3ccccc3)CC2)cc1C. The minimum absolute atomic E-state index is 0.00606. The van der Waals surface area contributed by atoms with E-state index < -0.39 is 10.0 Å². The highest BCUT2D eigenvalue weighted by Gasteiger charge is 2.24. The van der Waals surface area contributed by atoms with Gasteiger partial charge in [0.1, 0.15) is 6.54 Å². The van der Waals surface area contributed by atoms with Gasteiger partial charge in [-0.05, 0) is 37.1 Å². The first kappa shape index (κ1) is 21.5. The van der Waals surface area contributed by atoms with Crippen LogP contribution in [0.1, 0.15) is 23.1 Å². The summed E-state index contributed by atoms with van der Waals surface area (Å²) in [6.45, 7) is 8.17. The molecule has 156 valence electrons. The number of quaternary nitrogens is 1. The van der Waals surface area contributed by atoms with Gasteiger partial charge in [0.25, 0.3) is 0 Å². The summed E-state index contributed by atoms with van der Waals surface area (Å²) >= 11 is 0. The highest BCUT2D eigenvalue weighted by molar-refractivity contribution is 7.89. The Bertz CT molecular complexity index is 937. The molecule has 1 aliphatic heterocycles. The maximum atomic E-state index is 12.5. The standard InChI is InChI=1S/C22H29N3O3S/c1-18-8-9-21(16-19(18)2)29(27,28)23-11-10-22(26)25-14-12-24(13-15-25)17-20-6-4-3-5-7-20/h3-9,16,23H,10-15,17H2,1-2H3/p+1. The zero-order valence-electron chi connectivity index (χ0n) is 17.1. The van der Waals surface area contributed by atoms with Gasteiger partial charge in [-0.1, -0.05) is 36.4 Å². The highest BCUT2D eigenvalue weighted by atomic mass is 32.2. The molecule has 7 heteroatoms. The van der Waals surface area contributed by atoms with Crippen LogP contribution in [0.5, 0.6) is 0 Å². The first-order valence-corrected chi connectivity index (χ1v) is 11.6. The molecule has 0 spiro atoms. The molecule has 0 aromatic heterocycles. The van der Waals surface area contributed by atoms with Gasteiger partial charge in [0.05, 0.1) is 31.1 Å². The summed E-state index contributed by atoms with van der Waals surface area (Å²) in [6, 6.07) is 15.4. The molecule has 1 heterocycles. The van der Waals surface area contributed by atoms with E-state index in [9.17, 15) is 13.2 Å². The number of nitrogens with one attached hydrogen (secondary N) is 2. The van der Waals surface area contributed by atoms with E-state index in [2.05, 4.69) is 16.9 Å². The van der Waals surface area contributed by atoms with Crippen molar-refractivity contribution in [1.82, 2.24) is 9.62 Å². The summed E-state index contributed by atoms with van der Waals surface area (Å²) in [4.78, 5) is 16.0. The molecule has 0 unspecified atom stereocenters. The van der Waals surface area contributed by atoms with Gasteiger partial charge in [-0.3, -0.25) is 4.79 Å². The fourth-order valence-electron chi connectivity index (χ4n) is 3.55. The van der Waals surface area contributed by atoms with E-state index in [1.54, 1.807) is 18.2 Å². The zero-order valence-corrected chi connectivity index (χ0v) is 18.0. The number of aryl methyl sites for hydroxylation is 2. The molecule has 2 aromatic rings. The molecular formula is C22H30N3O3S+. The molecule has 6 nitrogen and oxygen atoms in total. The number of nitrogens with zero attached hydrogens (tertiary/aromatic N) is 1. The van der Waals surface area contributed by atoms with Crippen LogP contribution in [0.15, 0.2) is 53.4 Å². The Morgan fingerprint density at radius 1 is 1.03 bits per heavy atom. The van der Waals surface area contributed by atoms with Crippen LogP contribution in [-0.2, 0) is 21.4 Å². The summed E-state index contributed by atoms with van der Waals surface area (Å²) < 4.78 is 27.4. The molecule has 3 rings (SSSR count). The number of hydrogen-bond donors (Lipinski definition) is 2. The van der Waals surface area contributed by atoms with Crippen LogP contribution in [0.4, 0.5) is 0 Å². The second-order valence-electron chi connectivity index (χ2n) is 7.69. The van der Waals surface area contributed by atoms with Crippen molar-refractivity contribution in [1.29, 1.82) is 0 Å². The minimum atomic E-state index is -3.59. The normalized spacial score (nSPS) is 15.4. The van der Waals surface area contributed by atoms with Crippen molar-refractivity contribution < 1.29 is 18.1 Å². The largest absolute Gasteiger partial charge is 0.331 e. The van der Waals surface area contributed by atoms with Gasteiger partial charge in [-0.25, -0.2) is 13.1 Å². The number of carbonyl (C=O) groups is 1. The van der Waals surface area contributed by atoms with Crippen LogP contribution >= 0.6 is 0 Å². The van der Waals surface area contributed by atoms with Crippen LogP contribution in [0.3, 0.4) is 0 Å². The van der Waals surface area contributed by atoms with Crippen LogP contribution in [0.25, 0.3) is 0 Å².